The van der Waals surface area contributed by atoms with E-state index in [2.05, 4.69) is 15.7 Å². The van der Waals surface area contributed by atoms with Crippen molar-refractivity contribution in [3.8, 4) is 5.69 Å². The van der Waals surface area contributed by atoms with E-state index in [1.165, 1.54) is 35.3 Å². The number of aryl methyl sites for hydroxylation is 1. The van der Waals surface area contributed by atoms with Crippen molar-refractivity contribution in [3.05, 3.63) is 99.9 Å². The third-order valence-electron chi connectivity index (χ3n) is 5.10. The van der Waals surface area contributed by atoms with Crippen LogP contribution in [0, 0.1) is 12.7 Å². The van der Waals surface area contributed by atoms with Crippen LogP contribution >= 0.6 is 0 Å². The Labute approximate surface area is 177 Å². The molecule has 2 heterocycles. The van der Waals surface area contributed by atoms with Crippen molar-refractivity contribution in [2.75, 3.05) is 5.32 Å². The minimum absolute atomic E-state index is 0.0328. The summed E-state index contributed by atoms with van der Waals surface area (Å²) in [5.41, 5.74) is 2.33. The fourth-order valence-corrected chi connectivity index (χ4v) is 3.48. The summed E-state index contributed by atoms with van der Waals surface area (Å²) in [6.45, 7) is 1.82. The minimum atomic E-state index is -0.577. The molecule has 156 valence electrons. The number of carbonyl (C=O) groups is 2. The Morgan fingerprint density at radius 2 is 2.00 bits per heavy atom. The van der Waals surface area contributed by atoms with E-state index in [9.17, 15) is 18.8 Å². The van der Waals surface area contributed by atoms with Crippen LogP contribution in [0.25, 0.3) is 5.69 Å². The lowest BCUT2D eigenvalue weighted by Crippen LogP contribution is -2.32. The summed E-state index contributed by atoms with van der Waals surface area (Å²) in [6, 6.07) is 14.0. The van der Waals surface area contributed by atoms with E-state index in [0.717, 1.165) is 5.56 Å². The molecule has 7 nitrogen and oxygen atoms in total. The molecule has 1 unspecified atom stereocenters. The van der Waals surface area contributed by atoms with E-state index in [-0.39, 0.29) is 17.9 Å². The Balaban J connectivity index is 1.65. The molecular formula is C23H19FN4O3. The van der Waals surface area contributed by atoms with Gasteiger partial charge in [-0.25, -0.2) is 4.39 Å². The van der Waals surface area contributed by atoms with Gasteiger partial charge in [0.05, 0.1) is 5.69 Å². The summed E-state index contributed by atoms with van der Waals surface area (Å²) in [5, 5.41) is 9.46. The monoisotopic (exact) mass is 418 g/mol. The van der Waals surface area contributed by atoms with Gasteiger partial charge >= 0.3 is 0 Å². The first-order valence-electron chi connectivity index (χ1n) is 9.64. The number of benzene rings is 2. The molecule has 31 heavy (non-hydrogen) atoms. The number of aromatic nitrogens is 2. The lowest BCUT2D eigenvalue weighted by molar-refractivity contribution is -0.121. The van der Waals surface area contributed by atoms with Gasteiger partial charge < -0.3 is 10.6 Å². The maximum atomic E-state index is 13.7. The van der Waals surface area contributed by atoms with Gasteiger partial charge in [-0.3, -0.25) is 14.4 Å². The second kappa shape index (κ2) is 8.35. The van der Waals surface area contributed by atoms with E-state index in [4.69, 9.17) is 0 Å². The summed E-state index contributed by atoms with van der Waals surface area (Å²) < 4.78 is 15.0. The Hall–Kier alpha value is -4.07. The second-order valence-corrected chi connectivity index (χ2v) is 7.21. The molecule has 1 atom stereocenters. The average Bonchev–Trinajstić information content (AvgIpc) is 2.75. The molecule has 2 amide bonds. The molecular weight excluding hydrogens is 399 g/mol. The standard InChI is InChI=1S/C23H19FN4O3/c1-14-7-8-17(28-22(30)6-3-9-26-28)11-20(14)27-23(31)19-13-25-21(29)12-18(19)15-4-2-5-16(24)10-15/h2-11,13,18H,12H2,1H3,(H,25,29)(H,27,31). The van der Waals surface area contributed by atoms with Crippen molar-refractivity contribution >= 4 is 17.5 Å². The van der Waals surface area contributed by atoms with Crippen molar-refractivity contribution in [2.24, 2.45) is 0 Å². The molecule has 2 N–H and O–H groups in total. The number of halogens is 1. The fourth-order valence-electron chi connectivity index (χ4n) is 3.48. The molecule has 1 aromatic heterocycles. The van der Waals surface area contributed by atoms with Crippen LogP contribution in [0.3, 0.4) is 0 Å². The topological polar surface area (TPSA) is 93.1 Å². The van der Waals surface area contributed by atoms with E-state index in [1.807, 2.05) is 6.92 Å². The molecule has 0 saturated heterocycles. The summed E-state index contributed by atoms with van der Waals surface area (Å²) in [6.07, 6.45) is 2.89. The van der Waals surface area contributed by atoms with Crippen LogP contribution < -0.4 is 16.2 Å². The normalized spacial score (nSPS) is 15.7. The first-order chi connectivity index (χ1) is 14.9. The van der Waals surface area contributed by atoms with Gasteiger partial charge in [0.1, 0.15) is 5.82 Å². The zero-order chi connectivity index (χ0) is 22.0. The number of carbonyl (C=O) groups excluding carboxylic acids is 2. The van der Waals surface area contributed by atoms with Crippen molar-refractivity contribution < 1.29 is 14.0 Å². The molecule has 3 aromatic rings. The molecule has 0 fully saturated rings. The minimum Gasteiger partial charge on any atom is -0.332 e. The Morgan fingerprint density at radius 1 is 1.16 bits per heavy atom. The highest BCUT2D eigenvalue weighted by Gasteiger charge is 2.29. The zero-order valence-electron chi connectivity index (χ0n) is 16.6. The number of hydrogen-bond donors (Lipinski definition) is 2. The first-order valence-corrected chi connectivity index (χ1v) is 9.64. The lowest BCUT2D eigenvalue weighted by atomic mass is 9.86. The number of anilines is 1. The van der Waals surface area contributed by atoms with Crippen LogP contribution in [0.2, 0.25) is 0 Å². The quantitative estimate of drug-likeness (QED) is 0.681. The number of amides is 2. The molecule has 0 spiro atoms. The first kappa shape index (κ1) is 20.2. The van der Waals surface area contributed by atoms with Crippen LogP contribution in [0.4, 0.5) is 10.1 Å². The van der Waals surface area contributed by atoms with Gasteiger partial charge in [0.25, 0.3) is 11.5 Å². The molecule has 1 aliphatic heterocycles. The molecule has 1 aliphatic rings. The molecule has 0 radical (unpaired) electrons. The average molecular weight is 418 g/mol. The summed E-state index contributed by atoms with van der Waals surface area (Å²) in [5.74, 6) is -1.69. The smallest absolute Gasteiger partial charge is 0.271 e. The summed E-state index contributed by atoms with van der Waals surface area (Å²) >= 11 is 0. The maximum absolute atomic E-state index is 13.7. The van der Waals surface area contributed by atoms with Gasteiger partial charge in [0, 0.05) is 42.1 Å². The SMILES string of the molecule is Cc1ccc(-n2ncccc2=O)cc1NC(=O)C1=CNC(=O)CC1c1cccc(F)c1. The van der Waals surface area contributed by atoms with Gasteiger partial charge in [-0.2, -0.15) is 9.78 Å². The van der Waals surface area contributed by atoms with Gasteiger partial charge in [-0.05, 0) is 48.4 Å². The van der Waals surface area contributed by atoms with Crippen molar-refractivity contribution in [1.29, 1.82) is 0 Å². The van der Waals surface area contributed by atoms with E-state index >= 15 is 0 Å². The van der Waals surface area contributed by atoms with Gasteiger partial charge in [0.2, 0.25) is 5.91 Å². The van der Waals surface area contributed by atoms with Crippen molar-refractivity contribution in [3.63, 3.8) is 0 Å². The lowest BCUT2D eigenvalue weighted by Gasteiger charge is -2.24. The third kappa shape index (κ3) is 4.28. The summed E-state index contributed by atoms with van der Waals surface area (Å²) in [7, 11) is 0. The Bertz CT molecular complexity index is 1270. The number of hydrogen-bond acceptors (Lipinski definition) is 4. The molecule has 0 saturated carbocycles. The van der Waals surface area contributed by atoms with Gasteiger partial charge in [-0.1, -0.05) is 18.2 Å². The highest BCUT2D eigenvalue weighted by Crippen LogP contribution is 2.31. The van der Waals surface area contributed by atoms with Crippen LogP contribution in [0.15, 0.2) is 77.4 Å². The third-order valence-corrected chi connectivity index (χ3v) is 5.10. The largest absolute Gasteiger partial charge is 0.332 e. The van der Waals surface area contributed by atoms with Gasteiger partial charge in [0.15, 0.2) is 0 Å². The fraction of sp³-hybridized carbons (Fsp3) is 0.130. The Morgan fingerprint density at radius 3 is 2.77 bits per heavy atom. The van der Waals surface area contributed by atoms with Crippen LogP contribution in [0.5, 0.6) is 0 Å². The zero-order valence-corrected chi connectivity index (χ0v) is 16.6. The van der Waals surface area contributed by atoms with Crippen LogP contribution in [-0.2, 0) is 9.59 Å². The van der Waals surface area contributed by atoms with Crippen LogP contribution in [-0.4, -0.2) is 21.6 Å². The van der Waals surface area contributed by atoms with Crippen LogP contribution in [0.1, 0.15) is 23.5 Å². The molecule has 0 aliphatic carbocycles. The molecule has 2 aromatic carbocycles. The van der Waals surface area contributed by atoms with Crippen molar-refractivity contribution in [1.82, 2.24) is 15.1 Å². The molecule has 4 rings (SSSR count). The molecule has 8 heteroatoms. The highest BCUT2D eigenvalue weighted by atomic mass is 19.1. The van der Waals surface area contributed by atoms with E-state index in [1.54, 1.807) is 36.4 Å². The van der Waals surface area contributed by atoms with Gasteiger partial charge in [-0.15, -0.1) is 0 Å². The predicted octanol–water partition coefficient (Wildman–Crippen LogP) is 2.81. The molecule has 0 bridgehead atoms. The predicted molar refractivity (Wildman–Crippen MR) is 113 cm³/mol. The second-order valence-electron chi connectivity index (χ2n) is 7.21. The maximum Gasteiger partial charge on any atom is 0.271 e. The summed E-state index contributed by atoms with van der Waals surface area (Å²) in [4.78, 5) is 37.1. The Kier molecular flexibility index (Phi) is 5.44. The number of nitrogens with one attached hydrogen (secondary N) is 2. The van der Waals surface area contributed by atoms with E-state index in [0.29, 0.717) is 22.5 Å². The number of nitrogens with zero attached hydrogens (tertiary/aromatic N) is 2. The number of rotatable bonds is 4. The van der Waals surface area contributed by atoms with E-state index < -0.39 is 17.6 Å². The van der Waals surface area contributed by atoms with Crippen molar-refractivity contribution in [2.45, 2.75) is 19.3 Å². The highest BCUT2D eigenvalue weighted by molar-refractivity contribution is 6.06.